The van der Waals surface area contributed by atoms with Gasteiger partial charge in [0.2, 0.25) is 0 Å². The third-order valence-corrected chi connectivity index (χ3v) is 3.99. The first-order valence-corrected chi connectivity index (χ1v) is 7.09. The van der Waals surface area contributed by atoms with E-state index in [4.69, 9.17) is 11.1 Å². The number of halogens is 1. The van der Waals surface area contributed by atoms with Crippen LogP contribution in [0.1, 0.15) is 31.2 Å². The smallest absolute Gasteiger partial charge is 0.151 e. The topological polar surface area (TPSA) is 49.9 Å². The zero-order valence-electron chi connectivity index (χ0n) is 10.2. The number of hydrogen-bond acceptors (Lipinski definition) is 2. The van der Waals surface area contributed by atoms with Gasteiger partial charge in [-0.15, -0.1) is 0 Å². The average Bonchev–Trinajstić information content (AvgIpc) is 2.37. The number of amidine groups is 1. The summed E-state index contributed by atoms with van der Waals surface area (Å²) in [6.07, 6.45) is 4.17. The van der Waals surface area contributed by atoms with Gasteiger partial charge in [-0.05, 0) is 37.3 Å². The van der Waals surface area contributed by atoms with E-state index in [1.807, 2.05) is 12.1 Å². The number of nitrogens with two attached hydrogens (primary N) is 1. The number of benzene rings is 1. The molecule has 4 heteroatoms. The van der Waals surface area contributed by atoms with Crippen molar-refractivity contribution in [3.8, 4) is 0 Å². The van der Waals surface area contributed by atoms with Crippen molar-refractivity contribution >= 4 is 22.5 Å². The van der Waals surface area contributed by atoms with Crippen LogP contribution in [0, 0.1) is 11.2 Å². The fourth-order valence-corrected chi connectivity index (χ4v) is 2.97. The third-order valence-electron chi connectivity index (χ3n) is 3.18. The molecule has 0 aromatic heterocycles. The second-order valence-electron chi connectivity index (χ2n) is 4.42. The highest BCUT2D eigenvalue weighted by Gasteiger charge is 2.17. The molecule has 0 amide bonds. The molecule has 96 valence electrons. The molecular weight excluding hydrogens is 247 g/mol. The van der Waals surface area contributed by atoms with E-state index >= 15 is 0 Å². The van der Waals surface area contributed by atoms with Crippen LogP contribution < -0.4 is 5.73 Å². The molecule has 1 aliphatic rings. The van der Waals surface area contributed by atoms with Gasteiger partial charge in [-0.2, -0.15) is 0 Å². The van der Waals surface area contributed by atoms with Crippen molar-refractivity contribution in [2.24, 2.45) is 5.73 Å². The lowest BCUT2D eigenvalue weighted by Crippen LogP contribution is -2.08. The lowest BCUT2D eigenvalue weighted by molar-refractivity contribution is 0.619. The van der Waals surface area contributed by atoms with Crippen LogP contribution in [0.3, 0.4) is 0 Å². The molecule has 0 heterocycles. The molecule has 18 heavy (non-hydrogen) atoms. The van der Waals surface area contributed by atoms with E-state index in [0.29, 0.717) is 5.75 Å². The lowest BCUT2D eigenvalue weighted by Gasteiger charge is -2.20. The molecule has 1 aromatic carbocycles. The molecule has 0 radical (unpaired) electrons. The summed E-state index contributed by atoms with van der Waals surface area (Å²) in [4.78, 5) is 0. The summed E-state index contributed by atoms with van der Waals surface area (Å²) in [5, 5.41) is 7.40. The summed E-state index contributed by atoms with van der Waals surface area (Å²) in [7, 11) is 0. The van der Waals surface area contributed by atoms with E-state index in [-0.39, 0.29) is 11.0 Å². The van der Waals surface area contributed by atoms with Crippen molar-refractivity contribution in [1.29, 1.82) is 5.41 Å². The van der Waals surface area contributed by atoms with E-state index < -0.39 is 0 Å². The number of nitrogens with one attached hydrogen (secondary N) is 1. The fraction of sp³-hybridized carbons (Fsp3) is 0.357. The molecular formula is C14H17FN2S. The van der Waals surface area contributed by atoms with Crippen LogP contribution in [0.25, 0.3) is 5.57 Å². The van der Waals surface area contributed by atoms with Crippen LogP contribution >= 0.6 is 11.8 Å². The third kappa shape index (κ3) is 3.13. The van der Waals surface area contributed by atoms with Crippen molar-refractivity contribution < 1.29 is 4.39 Å². The van der Waals surface area contributed by atoms with Crippen LogP contribution in [0.5, 0.6) is 0 Å². The number of allylic oxidation sites excluding steroid dienone is 1. The summed E-state index contributed by atoms with van der Waals surface area (Å²) in [6.45, 7) is 0. The molecule has 0 saturated heterocycles. The van der Waals surface area contributed by atoms with Gasteiger partial charge in [0.25, 0.3) is 0 Å². The molecule has 0 bridgehead atoms. The number of hydrogen-bond donors (Lipinski definition) is 2. The van der Waals surface area contributed by atoms with Crippen molar-refractivity contribution in [2.75, 3.05) is 5.75 Å². The van der Waals surface area contributed by atoms with Gasteiger partial charge < -0.3 is 5.73 Å². The summed E-state index contributed by atoms with van der Waals surface area (Å²) in [6, 6.07) is 6.93. The Morgan fingerprint density at radius 3 is 2.72 bits per heavy atom. The minimum atomic E-state index is -0.153. The Morgan fingerprint density at radius 2 is 2.00 bits per heavy atom. The maximum absolute atomic E-state index is 13.8. The first-order valence-electron chi connectivity index (χ1n) is 6.11. The van der Waals surface area contributed by atoms with Gasteiger partial charge in [-0.3, -0.25) is 5.41 Å². The van der Waals surface area contributed by atoms with Gasteiger partial charge in [0.05, 0.1) is 0 Å². The molecule has 1 aromatic rings. The maximum atomic E-state index is 13.8. The predicted octanol–water partition coefficient (Wildman–Crippen LogP) is 3.78. The fourth-order valence-electron chi connectivity index (χ4n) is 2.32. The van der Waals surface area contributed by atoms with Crippen LogP contribution in [-0.4, -0.2) is 10.9 Å². The van der Waals surface area contributed by atoms with E-state index in [1.54, 1.807) is 6.07 Å². The van der Waals surface area contributed by atoms with Crippen molar-refractivity contribution in [3.63, 3.8) is 0 Å². The maximum Gasteiger partial charge on any atom is 0.151 e. The Bertz CT molecular complexity index is 482. The van der Waals surface area contributed by atoms with Crippen molar-refractivity contribution in [1.82, 2.24) is 0 Å². The standard InChI is InChI=1S/C14H17FN2S/c15-13-8-4-3-7-12(13)11-6-2-1-5-10(11)9-18-14(16)17/h3-4,7-8H,1-2,5-6,9H2,(H3,16,17). The Balaban J connectivity index is 2.30. The van der Waals surface area contributed by atoms with Crippen LogP contribution in [0.15, 0.2) is 29.8 Å². The van der Waals surface area contributed by atoms with E-state index in [0.717, 1.165) is 36.8 Å². The average molecular weight is 264 g/mol. The zero-order chi connectivity index (χ0) is 13.0. The molecule has 3 N–H and O–H groups in total. The summed E-state index contributed by atoms with van der Waals surface area (Å²) in [5.74, 6) is 0.554. The Morgan fingerprint density at radius 1 is 1.28 bits per heavy atom. The minimum Gasteiger partial charge on any atom is -0.379 e. The molecule has 2 rings (SSSR count). The van der Waals surface area contributed by atoms with Crippen LogP contribution in [0.2, 0.25) is 0 Å². The summed E-state index contributed by atoms with van der Waals surface area (Å²) in [5.41, 5.74) is 8.45. The SMILES string of the molecule is N=C(N)SCC1=C(c2ccccc2F)CCCC1. The Hall–Kier alpha value is -1.29. The van der Waals surface area contributed by atoms with Crippen LogP contribution in [-0.2, 0) is 0 Å². The van der Waals surface area contributed by atoms with Gasteiger partial charge in [0.1, 0.15) is 5.82 Å². The van der Waals surface area contributed by atoms with E-state index in [2.05, 4.69) is 0 Å². The molecule has 0 fully saturated rings. The first kappa shape index (κ1) is 13.1. The quantitative estimate of drug-likeness (QED) is 0.644. The second-order valence-corrected chi connectivity index (χ2v) is 5.44. The molecule has 0 atom stereocenters. The van der Waals surface area contributed by atoms with Crippen molar-refractivity contribution in [3.05, 3.63) is 41.2 Å². The molecule has 0 aliphatic heterocycles. The summed E-state index contributed by atoms with van der Waals surface area (Å²) < 4.78 is 13.8. The zero-order valence-corrected chi connectivity index (χ0v) is 11.0. The normalized spacial score (nSPS) is 15.8. The van der Waals surface area contributed by atoms with E-state index in [9.17, 15) is 4.39 Å². The highest BCUT2D eigenvalue weighted by Crippen LogP contribution is 2.34. The highest BCUT2D eigenvalue weighted by molar-refractivity contribution is 8.13. The Labute approximate surface area is 111 Å². The van der Waals surface area contributed by atoms with Gasteiger partial charge >= 0.3 is 0 Å². The first-order chi connectivity index (χ1) is 8.68. The number of thioether (sulfide) groups is 1. The number of rotatable bonds is 3. The molecule has 2 nitrogen and oxygen atoms in total. The lowest BCUT2D eigenvalue weighted by atomic mass is 9.88. The largest absolute Gasteiger partial charge is 0.379 e. The highest BCUT2D eigenvalue weighted by atomic mass is 32.2. The van der Waals surface area contributed by atoms with Crippen molar-refractivity contribution in [2.45, 2.75) is 25.7 Å². The van der Waals surface area contributed by atoms with Crippen LogP contribution in [0.4, 0.5) is 4.39 Å². The second kappa shape index (κ2) is 6.05. The minimum absolute atomic E-state index is 0.126. The molecule has 1 aliphatic carbocycles. The van der Waals surface area contributed by atoms with Gasteiger partial charge in [0.15, 0.2) is 5.17 Å². The monoisotopic (exact) mass is 264 g/mol. The van der Waals surface area contributed by atoms with Gasteiger partial charge in [-0.1, -0.05) is 35.5 Å². The molecule has 0 saturated carbocycles. The predicted molar refractivity (Wildman–Crippen MR) is 76.2 cm³/mol. The van der Waals surface area contributed by atoms with Gasteiger partial charge in [0, 0.05) is 11.3 Å². The molecule has 0 unspecified atom stereocenters. The molecule has 0 spiro atoms. The summed E-state index contributed by atoms with van der Waals surface area (Å²) >= 11 is 1.32. The van der Waals surface area contributed by atoms with E-state index in [1.165, 1.54) is 23.4 Å². The van der Waals surface area contributed by atoms with Gasteiger partial charge in [-0.25, -0.2) is 4.39 Å². The Kier molecular flexibility index (Phi) is 4.42.